The number of thioether (sulfide) groups is 1. The van der Waals surface area contributed by atoms with Gasteiger partial charge in [-0.1, -0.05) is 0 Å². The molecule has 5 nitrogen and oxygen atoms in total. The van der Waals surface area contributed by atoms with E-state index in [1.54, 1.807) is 18.7 Å². The third-order valence-electron chi connectivity index (χ3n) is 4.93. The van der Waals surface area contributed by atoms with Gasteiger partial charge in [-0.25, -0.2) is 0 Å². The summed E-state index contributed by atoms with van der Waals surface area (Å²) in [5.74, 6) is 1.30. The molecule has 0 saturated carbocycles. The van der Waals surface area contributed by atoms with Crippen LogP contribution in [0.4, 0.5) is 0 Å². The van der Waals surface area contributed by atoms with Gasteiger partial charge in [-0.3, -0.25) is 9.59 Å². The standard InChI is InChI=1S/C16H28N2O3S/c1-13(19)11-18-12-16(5-3-14(18)20)6-8-17(9-7-16)15(21)4-10-22-2/h13,19H,3-12H2,1-2H3/t13-/m1/s1. The SMILES string of the molecule is CSCCC(=O)N1CCC2(CCC(=O)N(C[C@@H](C)O)C2)CC1. The molecule has 0 aromatic rings. The molecule has 1 N–H and O–H groups in total. The highest BCUT2D eigenvalue weighted by Crippen LogP contribution is 2.40. The van der Waals surface area contributed by atoms with Crippen molar-refractivity contribution < 1.29 is 14.7 Å². The van der Waals surface area contributed by atoms with Crippen molar-refractivity contribution in [1.82, 2.24) is 9.80 Å². The number of hydrogen-bond acceptors (Lipinski definition) is 4. The van der Waals surface area contributed by atoms with E-state index < -0.39 is 6.10 Å². The van der Waals surface area contributed by atoms with Crippen LogP contribution >= 0.6 is 11.8 Å². The first-order chi connectivity index (χ1) is 10.5. The van der Waals surface area contributed by atoms with E-state index in [2.05, 4.69) is 0 Å². The van der Waals surface area contributed by atoms with Crippen LogP contribution in [0.1, 0.15) is 39.0 Å². The fraction of sp³-hybridized carbons (Fsp3) is 0.875. The second-order valence-electron chi connectivity index (χ2n) is 6.75. The number of carbonyl (C=O) groups is 2. The van der Waals surface area contributed by atoms with Crippen molar-refractivity contribution in [2.45, 2.75) is 45.1 Å². The minimum Gasteiger partial charge on any atom is -0.392 e. The number of piperidine rings is 2. The Balaban J connectivity index is 1.89. The maximum absolute atomic E-state index is 12.1. The Morgan fingerprint density at radius 1 is 1.36 bits per heavy atom. The fourth-order valence-electron chi connectivity index (χ4n) is 3.57. The molecule has 0 radical (unpaired) electrons. The smallest absolute Gasteiger partial charge is 0.223 e. The molecule has 0 aromatic carbocycles. The average Bonchev–Trinajstić information content (AvgIpc) is 2.49. The molecule has 126 valence electrons. The summed E-state index contributed by atoms with van der Waals surface area (Å²) in [7, 11) is 0. The van der Waals surface area contributed by atoms with E-state index in [9.17, 15) is 14.7 Å². The van der Waals surface area contributed by atoms with Crippen LogP contribution < -0.4 is 0 Å². The van der Waals surface area contributed by atoms with E-state index in [4.69, 9.17) is 0 Å². The maximum atomic E-state index is 12.1. The Labute approximate surface area is 137 Å². The second-order valence-corrected chi connectivity index (χ2v) is 7.73. The molecule has 22 heavy (non-hydrogen) atoms. The molecular formula is C16H28N2O3S. The number of hydrogen-bond donors (Lipinski definition) is 1. The predicted molar refractivity (Wildman–Crippen MR) is 88.7 cm³/mol. The zero-order valence-corrected chi connectivity index (χ0v) is 14.5. The van der Waals surface area contributed by atoms with Crippen molar-refractivity contribution >= 4 is 23.6 Å². The summed E-state index contributed by atoms with van der Waals surface area (Å²) in [6.07, 6.45) is 5.62. The zero-order chi connectivity index (χ0) is 16.2. The van der Waals surface area contributed by atoms with E-state index >= 15 is 0 Å². The topological polar surface area (TPSA) is 60.9 Å². The quantitative estimate of drug-likeness (QED) is 0.828. The molecule has 2 heterocycles. The lowest BCUT2D eigenvalue weighted by atomic mass is 9.72. The molecule has 2 saturated heterocycles. The number of likely N-dealkylation sites (tertiary alicyclic amines) is 2. The first kappa shape index (κ1) is 17.6. The summed E-state index contributed by atoms with van der Waals surface area (Å²) < 4.78 is 0. The Morgan fingerprint density at radius 2 is 2.05 bits per heavy atom. The largest absolute Gasteiger partial charge is 0.392 e. The molecule has 1 atom stereocenters. The lowest BCUT2D eigenvalue weighted by molar-refractivity contribution is -0.143. The van der Waals surface area contributed by atoms with E-state index in [0.29, 0.717) is 19.4 Å². The van der Waals surface area contributed by atoms with Crippen LogP contribution in [0.25, 0.3) is 0 Å². The van der Waals surface area contributed by atoms with Gasteiger partial charge in [0.15, 0.2) is 0 Å². The van der Waals surface area contributed by atoms with Gasteiger partial charge in [0.05, 0.1) is 6.10 Å². The van der Waals surface area contributed by atoms with Crippen LogP contribution in [0.3, 0.4) is 0 Å². The monoisotopic (exact) mass is 328 g/mol. The van der Waals surface area contributed by atoms with Gasteiger partial charge >= 0.3 is 0 Å². The summed E-state index contributed by atoms with van der Waals surface area (Å²) in [5.41, 5.74) is 0.152. The first-order valence-corrected chi connectivity index (χ1v) is 9.58. The van der Waals surface area contributed by atoms with E-state index in [0.717, 1.165) is 44.6 Å². The van der Waals surface area contributed by atoms with Crippen molar-refractivity contribution in [3.63, 3.8) is 0 Å². The maximum Gasteiger partial charge on any atom is 0.223 e. The second kappa shape index (κ2) is 7.68. The molecule has 0 bridgehead atoms. The molecule has 6 heteroatoms. The minimum atomic E-state index is -0.479. The fourth-order valence-corrected chi connectivity index (χ4v) is 3.95. The van der Waals surface area contributed by atoms with Crippen LogP contribution in [-0.4, -0.2) is 71.0 Å². The van der Waals surface area contributed by atoms with E-state index in [1.807, 2.05) is 16.1 Å². The van der Waals surface area contributed by atoms with Crippen molar-refractivity contribution in [1.29, 1.82) is 0 Å². The van der Waals surface area contributed by atoms with E-state index in [1.165, 1.54) is 0 Å². The van der Waals surface area contributed by atoms with Crippen molar-refractivity contribution in [3.8, 4) is 0 Å². The molecule has 0 unspecified atom stereocenters. The van der Waals surface area contributed by atoms with Crippen molar-refractivity contribution in [3.05, 3.63) is 0 Å². The third kappa shape index (κ3) is 4.38. The number of amides is 2. The Kier molecular flexibility index (Phi) is 6.15. The average molecular weight is 328 g/mol. The predicted octanol–water partition coefficient (Wildman–Crippen LogP) is 1.35. The summed E-state index contributed by atoms with van der Waals surface area (Å²) >= 11 is 1.71. The minimum absolute atomic E-state index is 0.152. The molecule has 0 aliphatic carbocycles. The normalized spacial score (nSPS) is 23.0. The molecule has 2 aliphatic heterocycles. The number of β-amino-alcohol motifs (C(OH)–C–C–N with tert-alkyl or cyclic N) is 1. The van der Waals surface area contributed by atoms with Gasteiger partial charge in [-0.2, -0.15) is 11.8 Å². The molecule has 2 fully saturated rings. The highest BCUT2D eigenvalue weighted by molar-refractivity contribution is 7.98. The summed E-state index contributed by atoms with van der Waals surface area (Å²) in [4.78, 5) is 27.9. The van der Waals surface area contributed by atoms with Crippen LogP contribution in [-0.2, 0) is 9.59 Å². The van der Waals surface area contributed by atoms with Gasteiger partial charge in [0.25, 0.3) is 0 Å². The number of aliphatic hydroxyl groups excluding tert-OH is 1. The lowest BCUT2D eigenvalue weighted by Gasteiger charge is -2.47. The summed E-state index contributed by atoms with van der Waals surface area (Å²) in [6.45, 7) is 4.51. The van der Waals surface area contributed by atoms with E-state index in [-0.39, 0.29) is 17.2 Å². The highest BCUT2D eigenvalue weighted by Gasteiger charge is 2.41. The van der Waals surface area contributed by atoms with Gasteiger partial charge in [0.2, 0.25) is 11.8 Å². The van der Waals surface area contributed by atoms with Crippen LogP contribution in [0, 0.1) is 5.41 Å². The molecule has 2 rings (SSSR count). The summed E-state index contributed by atoms with van der Waals surface area (Å²) in [6, 6.07) is 0. The number of carbonyl (C=O) groups excluding carboxylic acids is 2. The van der Waals surface area contributed by atoms with Crippen LogP contribution in [0.5, 0.6) is 0 Å². The Morgan fingerprint density at radius 3 is 2.64 bits per heavy atom. The van der Waals surface area contributed by atoms with Gasteiger partial charge in [-0.05, 0) is 37.9 Å². The number of rotatable bonds is 5. The molecule has 2 aliphatic rings. The lowest BCUT2D eigenvalue weighted by Crippen LogP contribution is -2.53. The highest BCUT2D eigenvalue weighted by atomic mass is 32.2. The van der Waals surface area contributed by atoms with Crippen LogP contribution in [0.15, 0.2) is 0 Å². The van der Waals surface area contributed by atoms with Gasteiger partial charge < -0.3 is 14.9 Å². The zero-order valence-electron chi connectivity index (χ0n) is 13.7. The van der Waals surface area contributed by atoms with Gasteiger partial charge in [-0.15, -0.1) is 0 Å². The Hall–Kier alpha value is -0.750. The number of aliphatic hydroxyl groups is 1. The molecular weight excluding hydrogens is 300 g/mol. The first-order valence-electron chi connectivity index (χ1n) is 8.18. The van der Waals surface area contributed by atoms with Gasteiger partial charge in [0.1, 0.15) is 0 Å². The van der Waals surface area contributed by atoms with Crippen molar-refractivity contribution in [2.24, 2.45) is 5.41 Å². The summed E-state index contributed by atoms with van der Waals surface area (Å²) in [5, 5.41) is 9.56. The van der Waals surface area contributed by atoms with Crippen LogP contribution in [0.2, 0.25) is 0 Å². The van der Waals surface area contributed by atoms with Crippen molar-refractivity contribution in [2.75, 3.05) is 38.2 Å². The molecule has 1 spiro atoms. The van der Waals surface area contributed by atoms with Gasteiger partial charge in [0, 0.05) is 44.8 Å². The number of nitrogens with zero attached hydrogens (tertiary/aromatic N) is 2. The third-order valence-corrected chi connectivity index (χ3v) is 5.54. The molecule has 2 amide bonds. The molecule has 0 aromatic heterocycles. The Bertz CT molecular complexity index is 406.